The number of nitrogens with zero attached hydrogens (tertiary/aromatic N) is 2. The van der Waals surface area contributed by atoms with E-state index in [1.165, 1.54) is 0 Å². The van der Waals surface area contributed by atoms with Crippen molar-refractivity contribution in [2.24, 2.45) is 10.8 Å². The summed E-state index contributed by atoms with van der Waals surface area (Å²) in [7, 11) is 0. The molecule has 0 amide bonds. The molecule has 3 nitrogen and oxygen atoms in total. The number of aliphatic hydroxyl groups excluding tert-OH is 1. The summed E-state index contributed by atoms with van der Waals surface area (Å²) in [6.45, 7) is 7.70. The molecule has 4 aliphatic rings. The molecule has 1 aromatic rings. The maximum atomic E-state index is 14.2. The quantitative estimate of drug-likeness (QED) is 0.848. The van der Waals surface area contributed by atoms with Gasteiger partial charge in [-0.1, -0.05) is 32.0 Å². The number of benzene rings is 1. The highest BCUT2D eigenvalue weighted by Crippen LogP contribution is 2.54. The van der Waals surface area contributed by atoms with E-state index < -0.39 is 0 Å². The molecule has 0 unspecified atom stereocenters. The molecule has 5 rings (SSSR count). The number of halogens is 1. The second-order valence-corrected chi connectivity index (χ2v) is 7.42. The lowest BCUT2D eigenvalue weighted by molar-refractivity contribution is -0.254. The van der Waals surface area contributed by atoms with Crippen LogP contribution in [0.4, 0.5) is 4.39 Å². The van der Waals surface area contributed by atoms with Crippen molar-refractivity contribution in [2.45, 2.75) is 26.1 Å². The molecular formula is C16H21FN2O. The van der Waals surface area contributed by atoms with Crippen LogP contribution in [0, 0.1) is 16.6 Å². The normalized spacial score (nSPS) is 49.6. The van der Waals surface area contributed by atoms with Gasteiger partial charge in [0, 0.05) is 42.6 Å². The first-order chi connectivity index (χ1) is 9.43. The molecular weight excluding hydrogens is 255 g/mol. The zero-order valence-electron chi connectivity index (χ0n) is 12.0. The molecule has 0 atom stereocenters. The van der Waals surface area contributed by atoms with Gasteiger partial charge in [0.15, 0.2) is 0 Å². The summed E-state index contributed by atoms with van der Waals surface area (Å²) in [5, 5.41) is 10.6. The third kappa shape index (κ3) is 1.50. The van der Waals surface area contributed by atoms with E-state index in [1.807, 2.05) is 12.1 Å². The molecule has 4 fully saturated rings. The van der Waals surface area contributed by atoms with Crippen molar-refractivity contribution in [3.05, 3.63) is 35.6 Å². The Morgan fingerprint density at radius 1 is 1.05 bits per heavy atom. The molecule has 20 heavy (non-hydrogen) atoms. The predicted octanol–water partition coefficient (Wildman–Crippen LogP) is 1.84. The number of rotatable bonds is 1. The summed E-state index contributed by atoms with van der Waals surface area (Å²) in [4.78, 5) is 4.69. The first kappa shape index (κ1) is 12.7. The zero-order chi connectivity index (χ0) is 14.1. The molecule has 1 N–H and O–H groups in total. The Hall–Kier alpha value is -0.970. The minimum Gasteiger partial charge on any atom is -0.392 e. The van der Waals surface area contributed by atoms with E-state index in [0.717, 1.165) is 31.7 Å². The Balaban J connectivity index is 1.76. The Labute approximate surface area is 119 Å². The van der Waals surface area contributed by atoms with Crippen LogP contribution >= 0.6 is 0 Å². The summed E-state index contributed by atoms with van der Waals surface area (Å²) in [6, 6.07) is 7.08. The van der Waals surface area contributed by atoms with Gasteiger partial charge >= 0.3 is 0 Å². The fraction of sp³-hybridized carbons (Fsp3) is 0.625. The third-order valence-electron chi connectivity index (χ3n) is 5.45. The molecule has 4 heterocycles. The maximum Gasteiger partial charge on any atom is 0.129 e. The first-order valence-electron chi connectivity index (χ1n) is 7.34. The fourth-order valence-corrected chi connectivity index (χ4v) is 4.91. The van der Waals surface area contributed by atoms with E-state index in [9.17, 15) is 9.50 Å². The molecule has 0 saturated carbocycles. The van der Waals surface area contributed by atoms with Gasteiger partial charge in [0.05, 0.1) is 12.3 Å². The minimum atomic E-state index is -0.260. The molecule has 1 aromatic carbocycles. The second kappa shape index (κ2) is 3.81. The molecule has 0 spiro atoms. The molecule has 108 valence electrons. The average Bonchev–Trinajstić information content (AvgIpc) is 2.36. The first-order valence-corrected chi connectivity index (χ1v) is 7.34. The van der Waals surface area contributed by atoms with Crippen molar-refractivity contribution in [2.75, 3.05) is 26.2 Å². The highest BCUT2D eigenvalue weighted by Gasteiger charge is 2.62. The predicted molar refractivity (Wildman–Crippen MR) is 74.5 cm³/mol. The molecule has 4 aliphatic heterocycles. The van der Waals surface area contributed by atoms with Gasteiger partial charge in [-0.3, -0.25) is 9.80 Å². The topological polar surface area (TPSA) is 26.7 Å². The number of piperidine rings is 2. The van der Waals surface area contributed by atoms with Gasteiger partial charge in [-0.15, -0.1) is 0 Å². The van der Waals surface area contributed by atoms with Crippen LogP contribution < -0.4 is 0 Å². The Morgan fingerprint density at radius 3 is 2.05 bits per heavy atom. The van der Waals surface area contributed by atoms with Crippen LogP contribution in [0.3, 0.4) is 0 Å². The van der Waals surface area contributed by atoms with Gasteiger partial charge in [-0.25, -0.2) is 4.39 Å². The lowest BCUT2D eigenvalue weighted by Crippen LogP contribution is -2.76. The standard InChI is InChI=1S/C16H21FN2O/c1-15-7-18-9-16(2,14(15)20)10-19(8-15)13(18)11-5-3-4-6-12(11)17/h3-6,13-14,20H,7-10H2,1-2H3. The highest BCUT2D eigenvalue weighted by atomic mass is 19.1. The van der Waals surface area contributed by atoms with E-state index in [4.69, 9.17) is 0 Å². The summed E-state index contributed by atoms with van der Waals surface area (Å²) >= 11 is 0. The van der Waals surface area contributed by atoms with Crippen molar-refractivity contribution in [3.8, 4) is 0 Å². The van der Waals surface area contributed by atoms with Crippen LogP contribution in [-0.4, -0.2) is 47.2 Å². The van der Waals surface area contributed by atoms with Gasteiger partial charge in [-0.2, -0.15) is 0 Å². The van der Waals surface area contributed by atoms with Crippen LogP contribution in [-0.2, 0) is 0 Å². The van der Waals surface area contributed by atoms with Crippen molar-refractivity contribution in [3.63, 3.8) is 0 Å². The SMILES string of the molecule is CC12CN3CC(C)(CN(C1)C3c1ccccc1F)C2O. The van der Waals surface area contributed by atoms with Gasteiger partial charge < -0.3 is 5.11 Å². The van der Waals surface area contributed by atoms with E-state index in [-0.39, 0.29) is 28.9 Å². The highest BCUT2D eigenvalue weighted by molar-refractivity contribution is 5.25. The summed E-state index contributed by atoms with van der Waals surface area (Å²) < 4.78 is 14.2. The van der Waals surface area contributed by atoms with Crippen LogP contribution in [0.2, 0.25) is 0 Å². The van der Waals surface area contributed by atoms with Gasteiger partial charge in [0.25, 0.3) is 0 Å². The number of hydrogen-bond acceptors (Lipinski definition) is 3. The zero-order valence-corrected chi connectivity index (χ0v) is 12.0. The smallest absolute Gasteiger partial charge is 0.129 e. The Kier molecular flexibility index (Phi) is 2.43. The van der Waals surface area contributed by atoms with Gasteiger partial charge in [0.2, 0.25) is 0 Å². The van der Waals surface area contributed by atoms with Crippen molar-refractivity contribution >= 4 is 0 Å². The maximum absolute atomic E-state index is 14.2. The monoisotopic (exact) mass is 276 g/mol. The number of hydrogen-bond donors (Lipinski definition) is 1. The van der Waals surface area contributed by atoms with Crippen LogP contribution in [0.1, 0.15) is 25.6 Å². The summed E-state index contributed by atoms with van der Waals surface area (Å²) in [6.07, 6.45) is -0.228. The second-order valence-electron chi connectivity index (χ2n) is 7.42. The summed E-state index contributed by atoms with van der Waals surface area (Å²) in [5.74, 6) is -0.124. The lowest BCUT2D eigenvalue weighted by atomic mass is 9.60. The molecule has 0 aromatic heterocycles. The number of aliphatic hydroxyl groups is 1. The van der Waals surface area contributed by atoms with Crippen molar-refractivity contribution < 1.29 is 9.50 Å². The Bertz CT molecular complexity index is 523. The minimum absolute atomic E-state index is 0.0323. The molecule has 4 bridgehead atoms. The van der Waals surface area contributed by atoms with E-state index in [2.05, 4.69) is 23.6 Å². The van der Waals surface area contributed by atoms with E-state index in [1.54, 1.807) is 12.1 Å². The Morgan fingerprint density at radius 2 is 1.55 bits per heavy atom. The van der Waals surface area contributed by atoms with Crippen LogP contribution in [0.15, 0.2) is 24.3 Å². The van der Waals surface area contributed by atoms with Crippen molar-refractivity contribution in [1.82, 2.24) is 9.80 Å². The van der Waals surface area contributed by atoms with Crippen LogP contribution in [0.25, 0.3) is 0 Å². The van der Waals surface area contributed by atoms with Crippen LogP contribution in [0.5, 0.6) is 0 Å². The van der Waals surface area contributed by atoms with Gasteiger partial charge in [0.1, 0.15) is 5.82 Å². The van der Waals surface area contributed by atoms with E-state index >= 15 is 0 Å². The average molecular weight is 276 g/mol. The lowest BCUT2D eigenvalue weighted by Gasteiger charge is -2.68. The molecule has 4 saturated heterocycles. The molecule has 0 radical (unpaired) electrons. The van der Waals surface area contributed by atoms with Gasteiger partial charge in [-0.05, 0) is 6.07 Å². The third-order valence-corrected chi connectivity index (χ3v) is 5.45. The fourth-order valence-electron chi connectivity index (χ4n) is 4.91. The summed E-state index contributed by atoms with van der Waals surface area (Å²) in [5.41, 5.74) is 0.591. The molecule has 4 heteroatoms. The molecule has 0 aliphatic carbocycles. The van der Waals surface area contributed by atoms with Crippen molar-refractivity contribution in [1.29, 1.82) is 0 Å². The largest absolute Gasteiger partial charge is 0.392 e. The van der Waals surface area contributed by atoms with E-state index in [0.29, 0.717) is 0 Å².